The highest BCUT2D eigenvalue weighted by molar-refractivity contribution is 5.94. The number of piperidine rings is 1. The van der Waals surface area contributed by atoms with Gasteiger partial charge < -0.3 is 14.4 Å². The van der Waals surface area contributed by atoms with Crippen molar-refractivity contribution in [3.05, 3.63) is 47.4 Å². The molecule has 1 amide bonds. The molecule has 144 valence electrons. The lowest BCUT2D eigenvalue weighted by Crippen LogP contribution is -2.44. The third kappa shape index (κ3) is 5.18. The van der Waals surface area contributed by atoms with Gasteiger partial charge in [-0.15, -0.1) is 0 Å². The summed E-state index contributed by atoms with van der Waals surface area (Å²) in [6.45, 7) is 9.03. The zero-order valence-electron chi connectivity index (χ0n) is 16.4. The number of carbonyl (C=O) groups excluding carboxylic acids is 1. The summed E-state index contributed by atoms with van der Waals surface area (Å²) in [7, 11) is 0. The van der Waals surface area contributed by atoms with E-state index in [-0.39, 0.29) is 18.1 Å². The van der Waals surface area contributed by atoms with Crippen molar-refractivity contribution >= 4 is 5.91 Å². The number of likely N-dealkylation sites (tertiary alicyclic amines) is 1. The predicted molar refractivity (Wildman–Crippen MR) is 103 cm³/mol. The average Bonchev–Trinajstić information content (AvgIpc) is 2.60. The van der Waals surface area contributed by atoms with Crippen LogP contribution < -0.4 is 9.47 Å². The van der Waals surface area contributed by atoms with Gasteiger partial charge in [-0.3, -0.25) is 4.79 Å². The van der Waals surface area contributed by atoms with Gasteiger partial charge >= 0.3 is 0 Å². The molecule has 1 saturated heterocycles. The van der Waals surface area contributed by atoms with Gasteiger partial charge in [0, 0.05) is 23.9 Å². The summed E-state index contributed by atoms with van der Waals surface area (Å²) in [6, 6.07) is 9.17. The van der Waals surface area contributed by atoms with E-state index in [1.807, 2.05) is 62.9 Å². The van der Waals surface area contributed by atoms with Gasteiger partial charge in [-0.1, -0.05) is 0 Å². The van der Waals surface area contributed by atoms with Crippen LogP contribution in [0.4, 0.5) is 0 Å². The average molecular weight is 369 g/mol. The molecule has 0 aliphatic carbocycles. The zero-order chi connectivity index (χ0) is 19.4. The second-order valence-electron chi connectivity index (χ2n) is 7.22. The number of nitrogens with zero attached hydrogens (tertiary/aromatic N) is 3. The van der Waals surface area contributed by atoms with Crippen molar-refractivity contribution in [3.63, 3.8) is 0 Å². The van der Waals surface area contributed by atoms with Gasteiger partial charge in [0.05, 0.1) is 12.6 Å². The largest absolute Gasteiger partial charge is 0.491 e. The second kappa shape index (κ2) is 8.37. The number of benzene rings is 1. The van der Waals surface area contributed by atoms with Crippen LogP contribution in [0.5, 0.6) is 11.6 Å². The standard InChI is InChI=1S/C21H27N3O3/c1-14(2)26-18-9-7-17(8-10-18)21(25)24-11-5-6-19(13-24)27-20-12-15(3)22-16(4)23-20/h7-10,12,14,19H,5-6,11,13H2,1-4H3. The maximum absolute atomic E-state index is 12.8. The minimum atomic E-state index is -0.0556. The van der Waals surface area contributed by atoms with Crippen LogP contribution in [0.15, 0.2) is 30.3 Å². The Morgan fingerprint density at radius 2 is 1.93 bits per heavy atom. The Balaban J connectivity index is 1.63. The number of rotatable bonds is 5. The van der Waals surface area contributed by atoms with Crippen molar-refractivity contribution in [2.75, 3.05) is 13.1 Å². The van der Waals surface area contributed by atoms with Gasteiger partial charge in [-0.25, -0.2) is 4.98 Å². The van der Waals surface area contributed by atoms with E-state index in [0.717, 1.165) is 30.8 Å². The number of aromatic nitrogens is 2. The van der Waals surface area contributed by atoms with Crippen molar-refractivity contribution in [1.82, 2.24) is 14.9 Å². The summed E-state index contributed by atoms with van der Waals surface area (Å²) in [5.41, 5.74) is 1.55. The van der Waals surface area contributed by atoms with E-state index in [4.69, 9.17) is 9.47 Å². The molecule has 1 aromatic carbocycles. The predicted octanol–water partition coefficient (Wildman–Crippen LogP) is 3.56. The lowest BCUT2D eigenvalue weighted by Gasteiger charge is -2.32. The molecule has 6 nitrogen and oxygen atoms in total. The summed E-state index contributed by atoms with van der Waals surface area (Å²) in [5, 5.41) is 0. The van der Waals surface area contributed by atoms with Crippen molar-refractivity contribution in [3.8, 4) is 11.6 Å². The third-order valence-corrected chi connectivity index (χ3v) is 4.37. The molecule has 27 heavy (non-hydrogen) atoms. The molecule has 1 fully saturated rings. The maximum atomic E-state index is 12.8. The Bertz CT molecular complexity index is 770. The lowest BCUT2D eigenvalue weighted by atomic mass is 10.1. The van der Waals surface area contributed by atoms with Crippen molar-refractivity contribution < 1.29 is 14.3 Å². The molecule has 1 aliphatic rings. The molecule has 6 heteroatoms. The summed E-state index contributed by atoms with van der Waals surface area (Å²) >= 11 is 0. The monoisotopic (exact) mass is 369 g/mol. The molecule has 1 atom stereocenters. The topological polar surface area (TPSA) is 64.5 Å². The quantitative estimate of drug-likeness (QED) is 0.806. The fraction of sp³-hybridized carbons (Fsp3) is 0.476. The highest BCUT2D eigenvalue weighted by Crippen LogP contribution is 2.20. The first kappa shape index (κ1) is 19.1. The van der Waals surface area contributed by atoms with Gasteiger partial charge in [-0.2, -0.15) is 4.98 Å². The molecule has 0 N–H and O–H groups in total. The first-order chi connectivity index (χ1) is 12.9. The van der Waals surface area contributed by atoms with Crippen molar-refractivity contribution in [1.29, 1.82) is 0 Å². The minimum absolute atomic E-state index is 0.0226. The van der Waals surface area contributed by atoms with Crippen LogP contribution in [-0.2, 0) is 0 Å². The highest BCUT2D eigenvalue weighted by Gasteiger charge is 2.26. The number of hydrogen-bond donors (Lipinski definition) is 0. The van der Waals surface area contributed by atoms with E-state index in [1.165, 1.54) is 0 Å². The maximum Gasteiger partial charge on any atom is 0.253 e. The number of amides is 1. The number of aryl methyl sites for hydroxylation is 2. The first-order valence-corrected chi connectivity index (χ1v) is 9.45. The highest BCUT2D eigenvalue weighted by atomic mass is 16.5. The summed E-state index contributed by atoms with van der Waals surface area (Å²) in [4.78, 5) is 23.3. The normalized spacial score (nSPS) is 17.1. The van der Waals surface area contributed by atoms with Crippen LogP contribution in [0, 0.1) is 13.8 Å². The van der Waals surface area contributed by atoms with E-state index in [1.54, 1.807) is 0 Å². The fourth-order valence-corrected chi connectivity index (χ4v) is 3.26. The molecule has 1 aromatic heterocycles. The Morgan fingerprint density at radius 1 is 1.19 bits per heavy atom. The SMILES string of the molecule is Cc1cc(OC2CCCN(C(=O)c3ccc(OC(C)C)cc3)C2)nc(C)n1. The summed E-state index contributed by atoms with van der Waals surface area (Å²) < 4.78 is 11.7. The van der Waals surface area contributed by atoms with Crippen molar-refractivity contribution in [2.24, 2.45) is 0 Å². The van der Waals surface area contributed by atoms with Crippen molar-refractivity contribution in [2.45, 2.75) is 52.7 Å². The molecule has 0 bridgehead atoms. The summed E-state index contributed by atoms with van der Waals surface area (Å²) in [6.07, 6.45) is 1.88. The molecule has 1 unspecified atom stereocenters. The van der Waals surface area contributed by atoms with E-state index >= 15 is 0 Å². The van der Waals surface area contributed by atoms with Gasteiger partial charge in [0.25, 0.3) is 5.91 Å². The van der Waals surface area contributed by atoms with Crippen LogP contribution in [0.25, 0.3) is 0 Å². The Kier molecular flexibility index (Phi) is 5.94. The van der Waals surface area contributed by atoms with Crippen LogP contribution in [0.3, 0.4) is 0 Å². The molecule has 0 radical (unpaired) electrons. The molecule has 2 aromatic rings. The molecule has 3 rings (SSSR count). The van der Waals surface area contributed by atoms with Crippen LogP contribution in [-0.4, -0.2) is 46.1 Å². The third-order valence-electron chi connectivity index (χ3n) is 4.37. The lowest BCUT2D eigenvalue weighted by molar-refractivity contribution is 0.0526. The Hall–Kier alpha value is -2.63. The zero-order valence-corrected chi connectivity index (χ0v) is 16.4. The van der Waals surface area contributed by atoms with E-state index in [9.17, 15) is 4.79 Å². The Labute approximate surface area is 160 Å². The van der Waals surface area contributed by atoms with Crippen LogP contribution >= 0.6 is 0 Å². The van der Waals surface area contributed by atoms with Crippen LogP contribution in [0.1, 0.15) is 48.6 Å². The van der Waals surface area contributed by atoms with Gasteiger partial charge in [0.1, 0.15) is 17.7 Å². The van der Waals surface area contributed by atoms with E-state index in [2.05, 4.69) is 9.97 Å². The number of ether oxygens (including phenoxy) is 2. The second-order valence-corrected chi connectivity index (χ2v) is 7.22. The first-order valence-electron chi connectivity index (χ1n) is 9.45. The van der Waals surface area contributed by atoms with Gasteiger partial charge in [-0.05, 0) is 64.8 Å². The van der Waals surface area contributed by atoms with Gasteiger partial charge in [0.15, 0.2) is 0 Å². The molecule has 1 aliphatic heterocycles. The molecule has 2 heterocycles. The molecule has 0 saturated carbocycles. The van der Waals surface area contributed by atoms with Crippen LogP contribution in [0.2, 0.25) is 0 Å². The van der Waals surface area contributed by atoms with E-state index in [0.29, 0.717) is 23.8 Å². The minimum Gasteiger partial charge on any atom is -0.491 e. The number of carbonyl (C=O) groups is 1. The smallest absolute Gasteiger partial charge is 0.253 e. The van der Waals surface area contributed by atoms with Gasteiger partial charge in [0.2, 0.25) is 5.88 Å². The fourth-order valence-electron chi connectivity index (χ4n) is 3.26. The number of hydrogen-bond acceptors (Lipinski definition) is 5. The van der Waals surface area contributed by atoms with E-state index < -0.39 is 0 Å². The molecular formula is C21H27N3O3. The molecular weight excluding hydrogens is 342 g/mol. The molecule has 0 spiro atoms. The Morgan fingerprint density at radius 3 is 2.59 bits per heavy atom. The summed E-state index contributed by atoms with van der Waals surface area (Å²) in [5.74, 6) is 2.07.